The summed E-state index contributed by atoms with van der Waals surface area (Å²) in [5.41, 5.74) is -1.25. The average molecular weight is 333 g/mol. The Hall–Kier alpha value is -2.41. The first-order valence-electron chi connectivity index (χ1n) is 7.56. The number of hydrogen-bond donors (Lipinski definition) is 1. The number of nitro benzene ring substituents is 1. The van der Waals surface area contributed by atoms with E-state index >= 15 is 0 Å². The van der Waals surface area contributed by atoms with Crippen molar-refractivity contribution in [3.05, 3.63) is 39.9 Å². The fraction of sp³-hybridized carbons (Fsp3) is 0.471. The van der Waals surface area contributed by atoms with Crippen molar-refractivity contribution in [3.8, 4) is 0 Å². The minimum absolute atomic E-state index is 0.133. The number of carbonyl (C=O) groups is 3. The highest BCUT2D eigenvalue weighted by molar-refractivity contribution is 6.05. The molecule has 0 bridgehead atoms. The van der Waals surface area contributed by atoms with Gasteiger partial charge in [0.2, 0.25) is 0 Å². The van der Waals surface area contributed by atoms with E-state index < -0.39 is 34.1 Å². The Bertz CT molecular complexity index is 706. The lowest BCUT2D eigenvalue weighted by atomic mass is 9.60. The van der Waals surface area contributed by atoms with Gasteiger partial charge in [0.25, 0.3) is 5.69 Å². The van der Waals surface area contributed by atoms with Crippen molar-refractivity contribution < 1.29 is 24.4 Å². The average Bonchev–Trinajstić information content (AvgIpc) is 2.44. The fourth-order valence-corrected chi connectivity index (χ4v) is 3.73. The van der Waals surface area contributed by atoms with Crippen molar-refractivity contribution >= 4 is 23.0 Å². The number of benzene rings is 1. The molecule has 2 rings (SSSR count). The molecular formula is C17H19NO6. The zero-order valence-electron chi connectivity index (χ0n) is 13.7. The highest BCUT2D eigenvalue weighted by Gasteiger charge is 2.53. The first-order valence-corrected chi connectivity index (χ1v) is 7.56. The number of nitro groups is 1. The molecule has 7 heteroatoms. The maximum absolute atomic E-state index is 12.4. The van der Waals surface area contributed by atoms with Crippen LogP contribution in [0.25, 0.3) is 0 Å². The van der Waals surface area contributed by atoms with Crippen LogP contribution in [0.4, 0.5) is 5.69 Å². The monoisotopic (exact) mass is 333 g/mol. The van der Waals surface area contributed by atoms with E-state index in [0.717, 1.165) is 0 Å². The summed E-state index contributed by atoms with van der Waals surface area (Å²) in [6.45, 7) is 3.99. The van der Waals surface area contributed by atoms with Gasteiger partial charge >= 0.3 is 0 Å². The van der Waals surface area contributed by atoms with E-state index in [0.29, 0.717) is 5.56 Å². The second-order valence-corrected chi connectivity index (χ2v) is 6.55. The smallest absolute Gasteiger partial charge is 0.269 e. The largest absolute Gasteiger partial charge is 0.389 e. The zero-order chi connectivity index (χ0) is 18.2. The molecule has 0 radical (unpaired) electrons. The minimum Gasteiger partial charge on any atom is -0.389 e. The Morgan fingerprint density at radius 3 is 2.17 bits per heavy atom. The highest BCUT2D eigenvalue weighted by Crippen LogP contribution is 2.46. The number of nitrogens with zero attached hydrogens (tertiary/aromatic N) is 1. The van der Waals surface area contributed by atoms with Crippen LogP contribution in [0.2, 0.25) is 0 Å². The van der Waals surface area contributed by atoms with Gasteiger partial charge in [-0.25, -0.2) is 0 Å². The molecule has 1 aliphatic carbocycles. The highest BCUT2D eigenvalue weighted by atomic mass is 16.6. The van der Waals surface area contributed by atoms with Crippen LogP contribution in [0.1, 0.15) is 38.7 Å². The van der Waals surface area contributed by atoms with Gasteiger partial charge in [0.05, 0.1) is 22.4 Å². The minimum atomic E-state index is -1.57. The maximum atomic E-state index is 12.4. The van der Waals surface area contributed by atoms with Crippen LogP contribution in [0.15, 0.2) is 24.3 Å². The zero-order valence-corrected chi connectivity index (χ0v) is 13.7. The van der Waals surface area contributed by atoms with Crippen LogP contribution in [-0.2, 0) is 14.4 Å². The van der Waals surface area contributed by atoms with Gasteiger partial charge in [-0.3, -0.25) is 24.5 Å². The van der Waals surface area contributed by atoms with Crippen molar-refractivity contribution in [1.82, 2.24) is 0 Å². The maximum Gasteiger partial charge on any atom is 0.269 e. The molecule has 0 amide bonds. The molecule has 1 aliphatic rings. The third kappa shape index (κ3) is 3.12. The van der Waals surface area contributed by atoms with E-state index in [1.54, 1.807) is 0 Å². The molecule has 1 saturated carbocycles. The lowest BCUT2D eigenvalue weighted by molar-refractivity contribution is -0.384. The van der Waals surface area contributed by atoms with E-state index in [1.807, 2.05) is 0 Å². The van der Waals surface area contributed by atoms with Gasteiger partial charge in [0, 0.05) is 24.5 Å². The summed E-state index contributed by atoms with van der Waals surface area (Å²) in [6.07, 6.45) is -0.273. The Kier molecular flexibility index (Phi) is 4.66. The van der Waals surface area contributed by atoms with Crippen molar-refractivity contribution in [2.75, 3.05) is 0 Å². The van der Waals surface area contributed by atoms with Crippen molar-refractivity contribution in [3.63, 3.8) is 0 Å². The summed E-state index contributed by atoms with van der Waals surface area (Å²) in [7, 11) is 0. The SMILES string of the molecule is CC(=O)[C@H]1C(=O)C[C@@](C)(O)[C@@H](C(C)=O)[C@@H]1c1ccc([N+](=O)[O-])cc1. The van der Waals surface area contributed by atoms with Gasteiger partial charge in [0.1, 0.15) is 17.3 Å². The lowest BCUT2D eigenvalue weighted by Gasteiger charge is -2.44. The third-order valence-electron chi connectivity index (χ3n) is 4.63. The molecule has 24 heavy (non-hydrogen) atoms. The predicted molar refractivity (Wildman–Crippen MR) is 84.4 cm³/mol. The summed E-state index contributed by atoms with van der Waals surface area (Å²) in [5.74, 6) is -3.95. The van der Waals surface area contributed by atoms with Crippen LogP contribution in [-0.4, -0.2) is 33.0 Å². The van der Waals surface area contributed by atoms with Gasteiger partial charge in [-0.05, 0) is 26.3 Å². The Labute approximate surface area is 138 Å². The first-order chi connectivity index (χ1) is 11.1. The molecule has 0 heterocycles. The van der Waals surface area contributed by atoms with Gasteiger partial charge in [0.15, 0.2) is 0 Å². The summed E-state index contributed by atoms with van der Waals surface area (Å²) in [4.78, 5) is 46.8. The molecule has 0 saturated heterocycles. The Balaban J connectivity index is 2.60. The standard InChI is InChI=1S/C17H19NO6/c1-9(19)14-13(21)8-17(3,22)16(10(2)20)15(14)11-4-6-12(7-5-11)18(23)24/h4-7,14-16,22H,8H2,1-3H3/t14-,15+,16-,17+/m0/s1. The fourth-order valence-electron chi connectivity index (χ4n) is 3.73. The number of aliphatic hydroxyl groups is 1. The van der Waals surface area contributed by atoms with Gasteiger partial charge in [-0.1, -0.05) is 12.1 Å². The summed E-state index contributed by atoms with van der Waals surface area (Å²) in [5, 5.41) is 21.4. The molecular weight excluding hydrogens is 314 g/mol. The summed E-state index contributed by atoms with van der Waals surface area (Å²) < 4.78 is 0. The van der Waals surface area contributed by atoms with Crippen LogP contribution >= 0.6 is 0 Å². The number of Topliss-reactive ketones (excluding diaryl/α,β-unsaturated/α-hetero) is 3. The molecule has 4 atom stereocenters. The van der Waals surface area contributed by atoms with Crippen molar-refractivity contribution in [2.45, 2.75) is 38.7 Å². The van der Waals surface area contributed by atoms with Crippen LogP contribution < -0.4 is 0 Å². The molecule has 1 N–H and O–H groups in total. The van der Waals surface area contributed by atoms with E-state index in [-0.39, 0.29) is 23.7 Å². The third-order valence-corrected chi connectivity index (χ3v) is 4.63. The molecule has 7 nitrogen and oxygen atoms in total. The number of ketones is 3. The molecule has 128 valence electrons. The first kappa shape index (κ1) is 17.9. The second-order valence-electron chi connectivity index (χ2n) is 6.55. The Morgan fingerprint density at radius 2 is 1.75 bits per heavy atom. The van der Waals surface area contributed by atoms with E-state index in [1.165, 1.54) is 45.0 Å². The predicted octanol–water partition coefficient (Wildman–Crippen LogP) is 1.81. The topological polar surface area (TPSA) is 115 Å². The molecule has 0 spiro atoms. The second kappa shape index (κ2) is 6.24. The summed E-state index contributed by atoms with van der Waals surface area (Å²) >= 11 is 0. The lowest BCUT2D eigenvalue weighted by Crippen LogP contribution is -2.53. The Morgan fingerprint density at radius 1 is 1.21 bits per heavy atom. The molecule has 1 aromatic carbocycles. The van der Waals surface area contributed by atoms with E-state index in [4.69, 9.17) is 0 Å². The molecule has 0 unspecified atom stereocenters. The van der Waals surface area contributed by atoms with Crippen LogP contribution in [0.3, 0.4) is 0 Å². The van der Waals surface area contributed by atoms with Gasteiger partial charge in [-0.2, -0.15) is 0 Å². The molecule has 1 fully saturated rings. The molecule has 0 aliphatic heterocycles. The number of carbonyl (C=O) groups excluding carboxylic acids is 3. The van der Waals surface area contributed by atoms with Crippen LogP contribution in [0.5, 0.6) is 0 Å². The van der Waals surface area contributed by atoms with E-state index in [2.05, 4.69) is 0 Å². The number of non-ortho nitro benzene ring substituents is 1. The number of hydrogen-bond acceptors (Lipinski definition) is 6. The molecule has 0 aromatic heterocycles. The molecule has 1 aromatic rings. The van der Waals surface area contributed by atoms with Crippen molar-refractivity contribution in [1.29, 1.82) is 0 Å². The van der Waals surface area contributed by atoms with Crippen molar-refractivity contribution in [2.24, 2.45) is 11.8 Å². The summed E-state index contributed by atoms with van der Waals surface area (Å²) in [6, 6.07) is 5.39. The van der Waals surface area contributed by atoms with Gasteiger partial charge < -0.3 is 5.11 Å². The van der Waals surface area contributed by atoms with E-state index in [9.17, 15) is 29.6 Å². The van der Waals surface area contributed by atoms with Gasteiger partial charge in [-0.15, -0.1) is 0 Å². The van der Waals surface area contributed by atoms with Crippen LogP contribution in [0, 0.1) is 22.0 Å². The number of rotatable bonds is 4. The normalized spacial score (nSPS) is 30.0. The quantitative estimate of drug-likeness (QED) is 0.510.